The van der Waals surface area contributed by atoms with E-state index in [9.17, 15) is 13.2 Å². The molecule has 1 amide bonds. The molecular formula is C23H33N3O6S2. The predicted octanol–water partition coefficient (Wildman–Crippen LogP) is 4.25. The van der Waals surface area contributed by atoms with Gasteiger partial charge in [-0.1, -0.05) is 0 Å². The first-order valence-corrected chi connectivity index (χ1v) is 14.3. The summed E-state index contributed by atoms with van der Waals surface area (Å²) in [6.45, 7) is 5.72. The van der Waals surface area contributed by atoms with E-state index in [0.717, 1.165) is 60.6 Å². The Bertz CT molecular complexity index is 1150. The maximum Gasteiger partial charge on any atom is 0.410 e. The van der Waals surface area contributed by atoms with Crippen LogP contribution >= 0.6 is 11.3 Å². The van der Waals surface area contributed by atoms with E-state index in [0.29, 0.717) is 5.88 Å². The maximum absolute atomic E-state index is 12.4. The van der Waals surface area contributed by atoms with Gasteiger partial charge in [0.15, 0.2) is 0 Å². The summed E-state index contributed by atoms with van der Waals surface area (Å²) < 4.78 is 40.0. The zero-order valence-electron chi connectivity index (χ0n) is 20.4. The number of carbonyl (C=O) groups is 1. The molecule has 0 spiro atoms. The summed E-state index contributed by atoms with van der Waals surface area (Å²) in [6.07, 6.45) is 7.23. The van der Waals surface area contributed by atoms with E-state index in [4.69, 9.17) is 13.7 Å². The average molecular weight is 512 g/mol. The van der Waals surface area contributed by atoms with Gasteiger partial charge >= 0.3 is 6.09 Å². The van der Waals surface area contributed by atoms with E-state index in [1.54, 1.807) is 23.3 Å². The molecule has 1 unspecified atom stereocenters. The average Bonchev–Trinajstić information content (AvgIpc) is 3.30. The van der Waals surface area contributed by atoms with Gasteiger partial charge in [0.05, 0.1) is 18.2 Å². The summed E-state index contributed by atoms with van der Waals surface area (Å²) in [7, 11) is -1.72. The zero-order valence-corrected chi connectivity index (χ0v) is 22.0. The number of hydrogen-bond acceptors (Lipinski definition) is 9. The van der Waals surface area contributed by atoms with Crippen molar-refractivity contribution in [2.24, 2.45) is 0 Å². The minimum absolute atomic E-state index is 0.0101. The highest BCUT2D eigenvalue weighted by Crippen LogP contribution is 2.46. The number of aromatic nitrogens is 2. The van der Waals surface area contributed by atoms with Crippen LogP contribution in [0.3, 0.4) is 0 Å². The number of carbonyl (C=O) groups excluding carboxylic acids is 1. The molecule has 2 aromatic heterocycles. The van der Waals surface area contributed by atoms with Crippen LogP contribution in [0.5, 0.6) is 5.88 Å². The Morgan fingerprint density at radius 2 is 1.88 bits per heavy atom. The molecule has 188 valence electrons. The van der Waals surface area contributed by atoms with Gasteiger partial charge < -0.3 is 14.4 Å². The Labute approximate surface area is 204 Å². The number of aryl methyl sites for hydroxylation is 1. The van der Waals surface area contributed by atoms with E-state index >= 15 is 0 Å². The molecule has 34 heavy (non-hydrogen) atoms. The van der Waals surface area contributed by atoms with Crippen LogP contribution < -0.4 is 4.74 Å². The standard InChI is InChI=1S/C23H33N3O6S2/c1-23(2,3)32-22(27)26(4)15-7-9-16(10-8-15)31-20-19-18-14(12-30-34(5,28)29)6-11-17(18)33-21(19)25-13-24-20/h13-16H,6-12H2,1-5H3/t14?,15-,16-. The van der Waals surface area contributed by atoms with Gasteiger partial charge in [0.2, 0.25) is 5.88 Å². The number of hydrogen-bond donors (Lipinski definition) is 0. The Morgan fingerprint density at radius 3 is 2.53 bits per heavy atom. The van der Waals surface area contributed by atoms with Crippen molar-refractivity contribution in [3.8, 4) is 5.88 Å². The van der Waals surface area contributed by atoms with Crippen molar-refractivity contribution in [3.63, 3.8) is 0 Å². The van der Waals surface area contributed by atoms with Gasteiger partial charge in [0.1, 0.15) is 22.9 Å². The van der Waals surface area contributed by atoms with Gasteiger partial charge in [-0.3, -0.25) is 4.18 Å². The SMILES string of the molecule is CN(C(=O)OC(C)(C)C)[C@H]1CC[C@H](Oc2ncnc3sc4c(c23)C(COS(C)(=O)=O)CC4)CC1. The first kappa shape index (κ1) is 25.1. The molecular weight excluding hydrogens is 478 g/mol. The van der Waals surface area contributed by atoms with Crippen molar-refractivity contribution in [1.82, 2.24) is 14.9 Å². The third kappa shape index (κ3) is 5.80. The van der Waals surface area contributed by atoms with E-state index in [-0.39, 0.29) is 30.8 Å². The van der Waals surface area contributed by atoms with Crippen molar-refractivity contribution in [1.29, 1.82) is 0 Å². The second-order valence-corrected chi connectivity index (χ2v) is 12.9. The highest BCUT2D eigenvalue weighted by Gasteiger charge is 2.33. The second-order valence-electron chi connectivity index (χ2n) is 10.2. The van der Waals surface area contributed by atoms with Gasteiger partial charge in [-0.25, -0.2) is 14.8 Å². The van der Waals surface area contributed by atoms with Crippen molar-refractivity contribution >= 4 is 37.8 Å². The van der Waals surface area contributed by atoms with Crippen molar-refractivity contribution in [2.75, 3.05) is 19.9 Å². The zero-order chi connectivity index (χ0) is 24.7. The van der Waals surface area contributed by atoms with Crippen molar-refractivity contribution in [2.45, 2.75) is 83.0 Å². The minimum Gasteiger partial charge on any atom is -0.474 e. The normalized spacial score (nSPS) is 23.0. The van der Waals surface area contributed by atoms with Crippen LogP contribution in [0, 0.1) is 0 Å². The Morgan fingerprint density at radius 1 is 1.18 bits per heavy atom. The molecule has 0 bridgehead atoms. The van der Waals surface area contributed by atoms with Gasteiger partial charge in [-0.05, 0) is 64.9 Å². The largest absolute Gasteiger partial charge is 0.474 e. The van der Waals surface area contributed by atoms with Gasteiger partial charge in [-0.15, -0.1) is 11.3 Å². The fourth-order valence-corrected chi connectivity index (χ4v) is 6.34. The highest BCUT2D eigenvalue weighted by molar-refractivity contribution is 7.85. The molecule has 2 aliphatic rings. The third-order valence-electron chi connectivity index (χ3n) is 6.33. The lowest BCUT2D eigenvalue weighted by Gasteiger charge is -2.35. The first-order chi connectivity index (χ1) is 15.9. The smallest absolute Gasteiger partial charge is 0.410 e. The molecule has 9 nitrogen and oxygen atoms in total. The van der Waals surface area contributed by atoms with E-state index < -0.39 is 15.7 Å². The quantitative estimate of drug-likeness (QED) is 0.530. The number of ether oxygens (including phenoxy) is 2. The van der Waals surface area contributed by atoms with Crippen LogP contribution in [0.25, 0.3) is 10.2 Å². The number of nitrogens with zero attached hydrogens (tertiary/aromatic N) is 3. The van der Waals surface area contributed by atoms with Crippen LogP contribution in [0.2, 0.25) is 0 Å². The van der Waals surface area contributed by atoms with Gasteiger partial charge in [0.25, 0.3) is 10.1 Å². The molecule has 4 rings (SSSR count). The Balaban J connectivity index is 1.44. The molecule has 2 aliphatic carbocycles. The van der Waals surface area contributed by atoms with Crippen LogP contribution in [0.4, 0.5) is 4.79 Å². The fourth-order valence-electron chi connectivity index (χ4n) is 4.69. The lowest BCUT2D eigenvalue weighted by Crippen LogP contribution is -2.43. The molecule has 0 aromatic carbocycles. The third-order valence-corrected chi connectivity index (χ3v) is 8.07. The molecule has 0 radical (unpaired) electrons. The second kappa shape index (κ2) is 9.58. The summed E-state index contributed by atoms with van der Waals surface area (Å²) in [5, 5.41) is 0.884. The Hall–Kier alpha value is -1.98. The topological polar surface area (TPSA) is 108 Å². The molecule has 1 fully saturated rings. The molecule has 1 atom stereocenters. The molecule has 0 saturated heterocycles. The van der Waals surface area contributed by atoms with Crippen LogP contribution in [-0.4, -0.2) is 67.0 Å². The van der Waals surface area contributed by atoms with Gasteiger partial charge in [-0.2, -0.15) is 8.42 Å². The monoisotopic (exact) mass is 511 g/mol. The van der Waals surface area contributed by atoms with E-state index in [1.807, 2.05) is 20.8 Å². The van der Waals surface area contributed by atoms with Crippen LogP contribution in [0.15, 0.2) is 6.33 Å². The van der Waals surface area contributed by atoms with Crippen molar-refractivity contribution < 1.29 is 26.9 Å². The lowest BCUT2D eigenvalue weighted by molar-refractivity contribution is 0.0137. The summed E-state index contributed by atoms with van der Waals surface area (Å²) in [5.41, 5.74) is 0.548. The van der Waals surface area contributed by atoms with Gasteiger partial charge in [0, 0.05) is 23.9 Å². The lowest BCUT2D eigenvalue weighted by atomic mass is 9.92. The number of rotatable bonds is 6. The first-order valence-electron chi connectivity index (χ1n) is 11.6. The summed E-state index contributed by atoms with van der Waals surface area (Å²) in [4.78, 5) is 25.0. The predicted molar refractivity (Wildman–Crippen MR) is 130 cm³/mol. The summed E-state index contributed by atoms with van der Waals surface area (Å²) in [6, 6.07) is 0.114. The van der Waals surface area contributed by atoms with E-state index in [1.165, 1.54) is 11.2 Å². The van der Waals surface area contributed by atoms with Crippen LogP contribution in [-0.2, 0) is 25.5 Å². The van der Waals surface area contributed by atoms with E-state index in [2.05, 4.69) is 9.97 Å². The molecule has 1 saturated carbocycles. The minimum atomic E-state index is -3.51. The van der Waals surface area contributed by atoms with Crippen LogP contribution in [0.1, 0.15) is 69.2 Å². The molecule has 2 aromatic rings. The highest BCUT2D eigenvalue weighted by atomic mass is 32.2. The molecule has 2 heterocycles. The number of amides is 1. The summed E-state index contributed by atoms with van der Waals surface area (Å²) in [5.74, 6) is 0.530. The molecule has 0 aliphatic heterocycles. The summed E-state index contributed by atoms with van der Waals surface area (Å²) >= 11 is 1.62. The van der Waals surface area contributed by atoms with Crippen molar-refractivity contribution in [3.05, 3.63) is 16.8 Å². The number of fused-ring (bicyclic) bond motifs is 3. The fraction of sp³-hybridized carbons (Fsp3) is 0.696. The molecule has 11 heteroatoms. The molecule has 0 N–H and O–H groups in total. The number of thiophene rings is 1. The Kier molecular flexibility index (Phi) is 7.08. The maximum atomic E-state index is 12.4.